The molecule has 1 aromatic heterocycles. The van der Waals surface area contributed by atoms with Crippen molar-refractivity contribution >= 4 is 39.9 Å². The van der Waals surface area contributed by atoms with Gasteiger partial charge in [-0.2, -0.15) is 5.26 Å². The van der Waals surface area contributed by atoms with E-state index in [1.54, 1.807) is 23.5 Å². The van der Waals surface area contributed by atoms with Gasteiger partial charge < -0.3 is 5.32 Å². The molecular weight excluding hydrogens is 376 g/mol. The molecule has 1 aromatic carbocycles. The minimum Gasteiger partial charge on any atom is -0.313 e. The van der Waals surface area contributed by atoms with Crippen molar-refractivity contribution in [1.82, 2.24) is 0 Å². The van der Waals surface area contributed by atoms with Gasteiger partial charge in [0.05, 0.1) is 5.56 Å². The third-order valence-electron chi connectivity index (χ3n) is 5.16. The standard InChI is InChI=1S/C22H23ClN2OS/c1-22(2,3)15-9-10-16-17(13-24)21(27-19(16)12-15)25-20(26)11-8-14-6-4-5-7-18(14)23/h4-8,11,15H,9-10,12H2,1-3H3,(H,25,26). The normalized spacial score (nSPS) is 16.8. The monoisotopic (exact) mass is 398 g/mol. The summed E-state index contributed by atoms with van der Waals surface area (Å²) >= 11 is 7.66. The number of carbonyl (C=O) groups is 1. The molecule has 2 aromatic rings. The summed E-state index contributed by atoms with van der Waals surface area (Å²) in [6.07, 6.45) is 6.11. The number of carbonyl (C=O) groups excluding carboxylic acids is 1. The molecule has 0 spiro atoms. The van der Waals surface area contributed by atoms with E-state index in [1.807, 2.05) is 18.2 Å². The zero-order valence-electron chi connectivity index (χ0n) is 15.8. The van der Waals surface area contributed by atoms with Gasteiger partial charge in [-0.05, 0) is 53.9 Å². The molecule has 0 aliphatic heterocycles. The molecule has 1 amide bonds. The predicted octanol–water partition coefficient (Wildman–Crippen LogP) is 6.08. The summed E-state index contributed by atoms with van der Waals surface area (Å²) in [6, 6.07) is 9.65. The molecular formula is C22H23ClN2OS. The minimum atomic E-state index is -0.252. The van der Waals surface area contributed by atoms with Crippen LogP contribution in [0, 0.1) is 22.7 Å². The van der Waals surface area contributed by atoms with Gasteiger partial charge in [-0.1, -0.05) is 50.6 Å². The number of nitrogens with zero attached hydrogens (tertiary/aromatic N) is 1. The molecule has 3 rings (SSSR count). The second-order valence-electron chi connectivity index (χ2n) is 7.97. The molecule has 1 atom stereocenters. The number of rotatable bonds is 3. The third-order valence-corrected chi connectivity index (χ3v) is 6.67. The van der Waals surface area contributed by atoms with E-state index in [-0.39, 0.29) is 11.3 Å². The van der Waals surface area contributed by atoms with E-state index in [0.717, 1.165) is 30.4 Å². The molecule has 1 aliphatic carbocycles. The predicted molar refractivity (Wildman–Crippen MR) is 113 cm³/mol. The SMILES string of the molecule is CC(C)(C)C1CCc2c(sc(NC(=O)C=Cc3ccccc3Cl)c2C#N)C1. The highest BCUT2D eigenvalue weighted by Gasteiger charge is 2.32. The van der Waals surface area contributed by atoms with E-state index in [1.165, 1.54) is 11.0 Å². The number of anilines is 1. The molecule has 5 heteroatoms. The first-order valence-corrected chi connectivity index (χ1v) is 10.3. The molecule has 140 valence electrons. The quantitative estimate of drug-likeness (QED) is 0.637. The summed E-state index contributed by atoms with van der Waals surface area (Å²) in [4.78, 5) is 13.6. The fourth-order valence-corrected chi connectivity index (χ4v) is 4.94. The molecule has 0 bridgehead atoms. The Hall–Kier alpha value is -2.09. The summed E-state index contributed by atoms with van der Waals surface area (Å²) in [5.41, 5.74) is 2.78. The lowest BCUT2D eigenvalue weighted by molar-refractivity contribution is -0.111. The Morgan fingerprint density at radius 3 is 2.78 bits per heavy atom. The van der Waals surface area contributed by atoms with Crippen molar-refractivity contribution in [3.8, 4) is 6.07 Å². The van der Waals surface area contributed by atoms with Crippen LogP contribution in [0.25, 0.3) is 6.08 Å². The van der Waals surface area contributed by atoms with Gasteiger partial charge in [-0.15, -0.1) is 11.3 Å². The van der Waals surface area contributed by atoms with Crippen molar-refractivity contribution in [2.45, 2.75) is 40.0 Å². The van der Waals surface area contributed by atoms with Crippen LogP contribution in [-0.2, 0) is 17.6 Å². The maximum atomic E-state index is 12.4. The maximum Gasteiger partial charge on any atom is 0.249 e. The number of amides is 1. The van der Waals surface area contributed by atoms with Gasteiger partial charge in [0.25, 0.3) is 0 Å². The van der Waals surface area contributed by atoms with Crippen molar-refractivity contribution in [3.05, 3.63) is 56.9 Å². The number of thiophene rings is 1. The van der Waals surface area contributed by atoms with Gasteiger partial charge in [0.1, 0.15) is 11.1 Å². The number of fused-ring (bicyclic) bond motifs is 1. The van der Waals surface area contributed by atoms with Gasteiger partial charge in [-0.3, -0.25) is 4.79 Å². The van der Waals surface area contributed by atoms with E-state index in [4.69, 9.17) is 11.6 Å². The first kappa shape index (κ1) is 19.7. The van der Waals surface area contributed by atoms with Crippen LogP contribution in [0.3, 0.4) is 0 Å². The van der Waals surface area contributed by atoms with E-state index in [9.17, 15) is 10.1 Å². The van der Waals surface area contributed by atoms with Crippen LogP contribution in [0.2, 0.25) is 5.02 Å². The third kappa shape index (κ3) is 4.43. The summed E-state index contributed by atoms with van der Waals surface area (Å²) in [6.45, 7) is 6.80. The lowest BCUT2D eigenvalue weighted by Gasteiger charge is -2.33. The number of hydrogen-bond acceptors (Lipinski definition) is 3. The van der Waals surface area contributed by atoms with Gasteiger partial charge in [-0.25, -0.2) is 0 Å². The lowest BCUT2D eigenvalue weighted by Crippen LogP contribution is -2.26. The van der Waals surface area contributed by atoms with Gasteiger partial charge >= 0.3 is 0 Å². The summed E-state index contributed by atoms with van der Waals surface area (Å²) in [5.74, 6) is 0.344. The van der Waals surface area contributed by atoms with E-state index >= 15 is 0 Å². The Balaban J connectivity index is 1.78. The highest BCUT2D eigenvalue weighted by Crippen LogP contribution is 2.43. The minimum absolute atomic E-state index is 0.246. The van der Waals surface area contributed by atoms with E-state index < -0.39 is 0 Å². The molecule has 1 heterocycles. The highest BCUT2D eigenvalue weighted by molar-refractivity contribution is 7.16. The Morgan fingerprint density at radius 1 is 1.37 bits per heavy atom. The Labute approximate surface area is 169 Å². The fraction of sp³-hybridized carbons (Fsp3) is 0.364. The summed E-state index contributed by atoms with van der Waals surface area (Å²) in [5, 5.41) is 13.8. The molecule has 0 radical (unpaired) electrons. The summed E-state index contributed by atoms with van der Waals surface area (Å²) < 4.78 is 0. The molecule has 1 N–H and O–H groups in total. The molecule has 0 fully saturated rings. The molecule has 1 aliphatic rings. The van der Waals surface area contributed by atoms with E-state index in [2.05, 4.69) is 32.2 Å². The molecule has 1 unspecified atom stereocenters. The zero-order chi connectivity index (χ0) is 19.6. The first-order valence-electron chi connectivity index (χ1n) is 9.08. The van der Waals surface area contributed by atoms with Crippen molar-refractivity contribution < 1.29 is 4.79 Å². The average Bonchev–Trinajstić information content (AvgIpc) is 2.96. The Bertz CT molecular complexity index is 931. The van der Waals surface area contributed by atoms with Crippen LogP contribution in [0.1, 0.15) is 48.8 Å². The molecule has 27 heavy (non-hydrogen) atoms. The first-order chi connectivity index (χ1) is 12.8. The van der Waals surface area contributed by atoms with Crippen molar-refractivity contribution in [2.24, 2.45) is 11.3 Å². The average molecular weight is 399 g/mol. The van der Waals surface area contributed by atoms with Crippen LogP contribution >= 0.6 is 22.9 Å². The Morgan fingerprint density at radius 2 is 2.11 bits per heavy atom. The Kier molecular flexibility index (Phi) is 5.74. The van der Waals surface area contributed by atoms with Gasteiger partial charge in [0.2, 0.25) is 5.91 Å². The number of benzene rings is 1. The number of nitrogens with one attached hydrogen (secondary N) is 1. The largest absolute Gasteiger partial charge is 0.313 e. The molecule has 0 saturated carbocycles. The van der Waals surface area contributed by atoms with Gasteiger partial charge in [0.15, 0.2) is 0 Å². The topological polar surface area (TPSA) is 52.9 Å². The molecule has 0 saturated heterocycles. The van der Waals surface area contributed by atoms with E-state index in [0.29, 0.717) is 21.5 Å². The van der Waals surface area contributed by atoms with Crippen molar-refractivity contribution in [2.75, 3.05) is 5.32 Å². The van der Waals surface area contributed by atoms with Gasteiger partial charge in [0, 0.05) is 16.0 Å². The van der Waals surface area contributed by atoms with Crippen molar-refractivity contribution in [3.63, 3.8) is 0 Å². The highest BCUT2D eigenvalue weighted by atomic mass is 35.5. The fourth-order valence-electron chi connectivity index (χ4n) is 3.46. The zero-order valence-corrected chi connectivity index (χ0v) is 17.4. The van der Waals surface area contributed by atoms with Crippen LogP contribution in [0.15, 0.2) is 30.3 Å². The number of hydrogen-bond donors (Lipinski definition) is 1. The number of nitriles is 1. The van der Waals surface area contributed by atoms with Crippen LogP contribution in [-0.4, -0.2) is 5.91 Å². The second kappa shape index (κ2) is 7.88. The number of halogens is 1. The second-order valence-corrected chi connectivity index (χ2v) is 9.48. The van der Waals surface area contributed by atoms with Crippen molar-refractivity contribution in [1.29, 1.82) is 5.26 Å². The lowest BCUT2D eigenvalue weighted by atomic mass is 9.72. The molecule has 3 nitrogen and oxygen atoms in total. The smallest absolute Gasteiger partial charge is 0.249 e. The summed E-state index contributed by atoms with van der Waals surface area (Å²) in [7, 11) is 0. The van der Waals surface area contributed by atoms with Crippen LogP contribution < -0.4 is 5.32 Å². The van der Waals surface area contributed by atoms with Crippen LogP contribution in [0.4, 0.5) is 5.00 Å². The maximum absolute atomic E-state index is 12.4. The van der Waals surface area contributed by atoms with Crippen LogP contribution in [0.5, 0.6) is 0 Å².